The van der Waals surface area contributed by atoms with E-state index in [2.05, 4.69) is 16.7 Å². The van der Waals surface area contributed by atoms with Gasteiger partial charge in [-0.2, -0.15) is 0 Å². The van der Waals surface area contributed by atoms with Crippen molar-refractivity contribution in [3.63, 3.8) is 0 Å². The number of nitro groups is 1. The molecule has 1 atom stereocenters. The minimum atomic E-state index is -0.566. The van der Waals surface area contributed by atoms with E-state index in [-0.39, 0.29) is 37.1 Å². The number of nitrogens with zero attached hydrogens (tertiary/aromatic N) is 3. The lowest BCUT2D eigenvalue weighted by atomic mass is 10.2. The number of benzene rings is 1. The Hall–Kier alpha value is -1.12. The second-order valence-electron chi connectivity index (χ2n) is 5.45. The molecule has 138 valence electrons. The van der Waals surface area contributed by atoms with Crippen molar-refractivity contribution in [3.8, 4) is 5.75 Å². The third-order valence-electron chi connectivity index (χ3n) is 3.87. The third kappa shape index (κ3) is 7.19. The maximum Gasteiger partial charge on any atom is 0.269 e. The number of β-amino-alcohol motifs (C(OH)–C–C–N with tert-alkyl or cyclic N) is 1. The summed E-state index contributed by atoms with van der Waals surface area (Å²) in [7, 11) is 0. The first-order chi connectivity index (χ1) is 10.6. The number of ether oxygens (including phenoxy) is 1. The number of nitro benzene ring substituents is 1. The Bertz CT molecular complexity index is 482. The molecule has 0 aliphatic carbocycles. The minimum Gasteiger partial charge on any atom is -0.491 e. The monoisotopic (exact) mass is 381 g/mol. The van der Waals surface area contributed by atoms with Gasteiger partial charge in [-0.3, -0.25) is 15.0 Å². The average molecular weight is 382 g/mol. The molecule has 1 saturated heterocycles. The van der Waals surface area contributed by atoms with E-state index in [0.717, 1.165) is 32.7 Å². The van der Waals surface area contributed by atoms with Crippen LogP contribution in [0.25, 0.3) is 0 Å². The van der Waals surface area contributed by atoms with E-state index in [1.165, 1.54) is 12.1 Å². The summed E-state index contributed by atoms with van der Waals surface area (Å²) in [5.74, 6) is 0.528. The van der Waals surface area contributed by atoms with Crippen LogP contribution >= 0.6 is 24.8 Å². The number of hydrogen-bond acceptors (Lipinski definition) is 6. The molecule has 9 heteroatoms. The van der Waals surface area contributed by atoms with Gasteiger partial charge in [0, 0.05) is 44.9 Å². The van der Waals surface area contributed by atoms with E-state index in [0.29, 0.717) is 12.3 Å². The fourth-order valence-corrected chi connectivity index (χ4v) is 2.50. The van der Waals surface area contributed by atoms with Crippen molar-refractivity contribution >= 4 is 30.5 Å². The molecule has 1 unspecified atom stereocenters. The summed E-state index contributed by atoms with van der Waals surface area (Å²) in [5.41, 5.74) is 0.0293. The van der Waals surface area contributed by atoms with Gasteiger partial charge in [0.25, 0.3) is 5.69 Å². The molecular weight excluding hydrogens is 357 g/mol. The summed E-state index contributed by atoms with van der Waals surface area (Å²) < 4.78 is 5.48. The van der Waals surface area contributed by atoms with E-state index < -0.39 is 11.0 Å². The molecule has 24 heavy (non-hydrogen) atoms. The predicted molar refractivity (Wildman–Crippen MR) is 97.6 cm³/mol. The Balaban J connectivity index is 0.00000264. The summed E-state index contributed by atoms with van der Waals surface area (Å²) in [6, 6.07) is 5.88. The van der Waals surface area contributed by atoms with Crippen LogP contribution in [0.4, 0.5) is 5.69 Å². The van der Waals surface area contributed by atoms with Crippen molar-refractivity contribution in [3.05, 3.63) is 34.4 Å². The van der Waals surface area contributed by atoms with Crippen LogP contribution in [0.5, 0.6) is 5.75 Å². The van der Waals surface area contributed by atoms with Crippen molar-refractivity contribution in [2.24, 2.45) is 0 Å². The van der Waals surface area contributed by atoms with Gasteiger partial charge >= 0.3 is 0 Å². The quantitative estimate of drug-likeness (QED) is 0.573. The molecular formula is C15H25Cl2N3O4. The first kappa shape index (κ1) is 22.9. The lowest BCUT2D eigenvalue weighted by Gasteiger charge is -2.34. The fourth-order valence-electron chi connectivity index (χ4n) is 2.50. The molecule has 0 saturated carbocycles. The number of piperazine rings is 1. The smallest absolute Gasteiger partial charge is 0.269 e. The van der Waals surface area contributed by atoms with Gasteiger partial charge < -0.3 is 14.7 Å². The van der Waals surface area contributed by atoms with Crippen LogP contribution in [-0.4, -0.2) is 71.8 Å². The molecule has 7 nitrogen and oxygen atoms in total. The highest BCUT2D eigenvalue weighted by Crippen LogP contribution is 2.17. The van der Waals surface area contributed by atoms with Crippen molar-refractivity contribution in [2.45, 2.75) is 13.0 Å². The Labute approximate surface area is 154 Å². The first-order valence-electron chi connectivity index (χ1n) is 7.58. The molecule has 1 aliphatic rings. The van der Waals surface area contributed by atoms with Gasteiger partial charge in [0.1, 0.15) is 18.5 Å². The van der Waals surface area contributed by atoms with Crippen LogP contribution in [0.3, 0.4) is 0 Å². The highest BCUT2D eigenvalue weighted by molar-refractivity contribution is 5.85. The van der Waals surface area contributed by atoms with Gasteiger partial charge in [-0.05, 0) is 18.7 Å². The Kier molecular flexibility index (Phi) is 10.9. The van der Waals surface area contributed by atoms with Crippen molar-refractivity contribution in [2.75, 3.05) is 45.9 Å². The molecule has 1 N–H and O–H groups in total. The zero-order valence-electron chi connectivity index (χ0n) is 13.7. The van der Waals surface area contributed by atoms with Crippen LogP contribution in [0, 0.1) is 10.1 Å². The van der Waals surface area contributed by atoms with E-state index in [4.69, 9.17) is 4.74 Å². The number of hydrogen-bond donors (Lipinski definition) is 1. The molecule has 1 fully saturated rings. The molecule has 0 bridgehead atoms. The fraction of sp³-hybridized carbons (Fsp3) is 0.600. The number of aliphatic hydroxyl groups excluding tert-OH is 1. The van der Waals surface area contributed by atoms with Crippen LogP contribution < -0.4 is 4.74 Å². The largest absolute Gasteiger partial charge is 0.491 e. The van der Waals surface area contributed by atoms with Gasteiger partial charge in [-0.1, -0.05) is 6.92 Å². The zero-order chi connectivity index (χ0) is 15.9. The SMILES string of the molecule is CCN1CCN(CC(O)COc2ccc([N+](=O)[O-])cc2)CC1.Cl.Cl. The first-order valence-corrected chi connectivity index (χ1v) is 7.58. The highest BCUT2D eigenvalue weighted by atomic mass is 35.5. The van der Waals surface area contributed by atoms with Crippen LogP contribution in [0.2, 0.25) is 0 Å². The number of non-ortho nitro benzene ring substituents is 1. The predicted octanol–water partition coefficient (Wildman–Crippen LogP) is 1.82. The number of halogens is 2. The normalized spacial score (nSPS) is 16.6. The van der Waals surface area contributed by atoms with Gasteiger partial charge in [-0.25, -0.2) is 0 Å². The summed E-state index contributed by atoms with van der Waals surface area (Å²) >= 11 is 0. The highest BCUT2D eigenvalue weighted by Gasteiger charge is 2.18. The lowest BCUT2D eigenvalue weighted by molar-refractivity contribution is -0.384. The number of likely N-dealkylation sites (N-methyl/N-ethyl adjacent to an activating group) is 1. The summed E-state index contributed by atoms with van der Waals surface area (Å²) in [6.45, 7) is 7.99. The molecule has 1 aromatic rings. The Morgan fingerprint density at radius 3 is 2.21 bits per heavy atom. The number of rotatable bonds is 7. The lowest BCUT2D eigenvalue weighted by Crippen LogP contribution is -2.49. The van der Waals surface area contributed by atoms with E-state index in [9.17, 15) is 15.2 Å². The Morgan fingerprint density at radius 1 is 1.17 bits per heavy atom. The van der Waals surface area contributed by atoms with Crippen LogP contribution in [-0.2, 0) is 0 Å². The summed E-state index contributed by atoms with van der Waals surface area (Å²) in [4.78, 5) is 14.7. The number of aliphatic hydroxyl groups is 1. The standard InChI is InChI=1S/C15H23N3O4.2ClH/c1-2-16-7-9-17(10-8-16)11-14(19)12-22-15-5-3-13(4-6-15)18(20)21;;/h3-6,14,19H,2,7-12H2,1H3;2*1H. The average Bonchev–Trinajstić information content (AvgIpc) is 2.54. The van der Waals surface area contributed by atoms with E-state index >= 15 is 0 Å². The second kappa shape index (κ2) is 11.4. The maximum atomic E-state index is 10.6. The molecule has 2 rings (SSSR count). The van der Waals surface area contributed by atoms with Crippen molar-refractivity contribution in [1.82, 2.24) is 9.80 Å². The third-order valence-corrected chi connectivity index (χ3v) is 3.87. The van der Waals surface area contributed by atoms with Crippen LogP contribution in [0.1, 0.15) is 6.92 Å². The zero-order valence-corrected chi connectivity index (χ0v) is 15.3. The summed E-state index contributed by atoms with van der Waals surface area (Å²) in [6.07, 6.45) is -0.566. The minimum absolute atomic E-state index is 0. The van der Waals surface area contributed by atoms with E-state index in [1.54, 1.807) is 12.1 Å². The van der Waals surface area contributed by atoms with Crippen molar-refractivity contribution < 1.29 is 14.8 Å². The summed E-state index contributed by atoms with van der Waals surface area (Å²) in [5, 5.41) is 20.6. The molecule has 0 radical (unpaired) electrons. The Morgan fingerprint density at radius 2 is 1.71 bits per heavy atom. The molecule has 0 amide bonds. The van der Waals surface area contributed by atoms with Gasteiger partial charge in [-0.15, -0.1) is 24.8 Å². The second-order valence-corrected chi connectivity index (χ2v) is 5.45. The van der Waals surface area contributed by atoms with Crippen LogP contribution in [0.15, 0.2) is 24.3 Å². The van der Waals surface area contributed by atoms with Gasteiger partial charge in [0.2, 0.25) is 0 Å². The topological polar surface area (TPSA) is 79.1 Å². The molecule has 1 heterocycles. The maximum absolute atomic E-state index is 10.6. The molecule has 1 aromatic carbocycles. The molecule has 0 aromatic heterocycles. The van der Waals surface area contributed by atoms with Gasteiger partial charge in [0.05, 0.1) is 4.92 Å². The van der Waals surface area contributed by atoms with E-state index in [1.807, 2.05) is 0 Å². The molecule has 1 aliphatic heterocycles. The van der Waals surface area contributed by atoms with Crippen molar-refractivity contribution in [1.29, 1.82) is 0 Å². The molecule has 0 spiro atoms. The van der Waals surface area contributed by atoms with Gasteiger partial charge in [0.15, 0.2) is 0 Å².